The summed E-state index contributed by atoms with van der Waals surface area (Å²) >= 11 is 5.73. The number of hydrogen-bond acceptors (Lipinski definition) is 3. The first-order valence-corrected chi connectivity index (χ1v) is 6.67. The Kier molecular flexibility index (Phi) is 5.98. The lowest BCUT2D eigenvalue weighted by Crippen LogP contribution is -2.48. The van der Waals surface area contributed by atoms with Crippen LogP contribution in [0.5, 0.6) is 0 Å². The highest BCUT2D eigenvalue weighted by molar-refractivity contribution is 6.30. The number of nitrogens with one attached hydrogen (secondary N) is 2. The Hall–Kier alpha value is -1.59. The number of hydrogen-bond donors (Lipinski definition) is 3. The standard InChI is InChI=1S/C14H19ClN2O3/c1-14(2,7-8-18)17-12(19)9-16-13(20)10-3-5-11(15)6-4-10/h3-6,18H,7-9H2,1-2H3,(H,16,20)(H,17,19). The van der Waals surface area contributed by atoms with Crippen molar-refractivity contribution >= 4 is 23.4 Å². The van der Waals surface area contributed by atoms with Crippen LogP contribution in [0.25, 0.3) is 0 Å². The molecule has 0 saturated heterocycles. The van der Waals surface area contributed by atoms with Gasteiger partial charge in [0.2, 0.25) is 5.91 Å². The van der Waals surface area contributed by atoms with Crippen LogP contribution in [0.1, 0.15) is 30.6 Å². The van der Waals surface area contributed by atoms with Crippen molar-refractivity contribution in [1.82, 2.24) is 10.6 Å². The van der Waals surface area contributed by atoms with Crippen molar-refractivity contribution < 1.29 is 14.7 Å². The normalized spacial score (nSPS) is 11.0. The van der Waals surface area contributed by atoms with Gasteiger partial charge in [-0.2, -0.15) is 0 Å². The van der Waals surface area contributed by atoms with E-state index in [0.717, 1.165) is 0 Å². The maximum absolute atomic E-state index is 11.8. The molecule has 0 heterocycles. The summed E-state index contributed by atoms with van der Waals surface area (Å²) in [6, 6.07) is 6.40. The average Bonchev–Trinajstić information content (AvgIpc) is 2.36. The zero-order valence-electron chi connectivity index (χ0n) is 11.6. The van der Waals surface area contributed by atoms with Gasteiger partial charge in [0, 0.05) is 22.7 Å². The minimum atomic E-state index is -0.503. The third-order valence-electron chi connectivity index (χ3n) is 2.73. The molecule has 0 aliphatic heterocycles. The van der Waals surface area contributed by atoms with Crippen LogP contribution in [-0.2, 0) is 4.79 Å². The molecule has 0 bridgehead atoms. The molecule has 0 radical (unpaired) electrons. The lowest BCUT2D eigenvalue weighted by atomic mass is 10.0. The SMILES string of the molecule is CC(C)(CCO)NC(=O)CNC(=O)c1ccc(Cl)cc1. The zero-order valence-corrected chi connectivity index (χ0v) is 12.3. The summed E-state index contributed by atoms with van der Waals surface area (Å²) < 4.78 is 0. The van der Waals surface area contributed by atoms with Crippen molar-refractivity contribution in [3.63, 3.8) is 0 Å². The van der Waals surface area contributed by atoms with E-state index in [0.29, 0.717) is 17.0 Å². The van der Waals surface area contributed by atoms with Crippen LogP contribution in [0.4, 0.5) is 0 Å². The monoisotopic (exact) mass is 298 g/mol. The van der Waals surface area contributed by atoms with Gasteiger partial charge in [-0.05, 0) is 44.5 Å². The van der Waals surface area contributed by atoms with Gasteiger partial charge in [-0.1, -0.05) is 11.6 Å². The number of aliphatic hydroxyl groups is 1. The summed E-state index contributed by atoms with van der Waals surface area (Å²) in [4.78, 5) is 23.5. The molecule has 0 aliphatic rings. The van der Waals surface area contributed by atoms with E-state index in [1.807, 2.05) is 13.8 Å². The van der Waals surface area contributed by atoms with Crippen LogP contribution in [0.3, 0.4) is 0 Å². The zero-order chi connectivity index (χ0) is 15.2. The molecule has 0 unspecified atom stereocenters. The Balaban J connectivity index is 2.45. The molecule has 6 heteroatoms. The molecular weight excluding hydrogens is 280 g/mol. The van der Waals surface area contributed by atoms with Crippen molar-refractivity contribution in [1.29, 1.82) is 0 Å². The lowest BCUT2D eigenvalue weighted by Gasteiger charge is -2.25. The van der Waals surface area contributed by atoms with E-state index >= 15 is 0 Å². The number of halogens is 1. The molecule has 110 valence electrons. The second-order valence-electron chi connectivity index (χ2n) is 5.10. The molecule has 0 atom stereocenters. The fourth-order valence-corrected chi connectivity index (χ4v) is 1.75. The summed E-state index contributed by atoms with van der Waals surface area (Å²) in [5, 5.41) is 14.7. The molecule has 0 aliphatic carbocycles. The molecule has 1 rings (SSSR count). The fourth-order valence-electron chi connectivity index (χ4n) is 1.63. The highest BCUT2D eigenvalue weighted by Gasteiger charge is 2.19. The number of carbonyl (C=O) groups excluding carboxylic acids is 2. The molecule has 0 aromatic heterocycles. The van der Waals surface area contributed by atoms with E-state index in [9.17, 15) is 9.59 Å². The Labute approximate surface area is 123 Å². The van der Waals surface area contributed by atoms with E-state index in [2.05, 4.69) is 10.6 Å². The van der Waals surface area contributed by atoms with Crippen LogP contribution >= 0.6 is 11.6 Å². The Morgan fingerprint density at radius 2 is 1.85 bits per heavy atom. The summed E-state index contributed by atoms with van der Waals surface area (Å²) in [7, 11) is 0. The Bertz CT molecular complexity index is 472. The van der Waals surface area contributed by atoms with Gasteiger partial charge < -0.3 is 15.7 Å². The first-order chi connectivity index (χ1) is 9.34. The van der Waals surface area contributed by atoms with Crippen molar-refractivity contribution in [2.45, 2.75) is 25.8 Å². The van der Waals surface area contributed by atoms with Crippen molar-refractivity contribution in [2.24, 2.45) is 0 Å². The smallest absolute Gasteiger partial charge is 0.251 e. The lowest BCUT2D eigenvalue weighted by molar-refractivity contribution is -0.121. The minimum Gasteiger partial charge on any atom is -0.396 e. The average molecular weight is 299 g/mol. The van der Waals surface area contributed by atoms with E-state index < -0.39 is 5.54 Å². The van der Waals surface area contributed by atoms with Crippen molar-refractivity contribution in [2.75, 3.05) is 13.2 Å². The Morgan fingerprint density at radius 1 is 1.25 bits per heavy atom. The summed E-state index contributed by atoms with van der Waals surface area (Å²) in [5.41, 5.74) is -0.0616. The number of benzene rings is 1. The quantitative estimate of drug-likeness (QED) is 0.742. The predicted molar refractivity (Wildman–Crippen MR) is 77.7 cm³/mol. The van der Waals surface area contributed by atoms with E-state index in [-0.39, 0.29) is 25.0 Å². The van der Waals surface area contributed by atoms with Crippen molar-refractivity contribution in [3.8, 4) is 0 Å². The van der Waals surface area contributed by atoms with Crippen molar-refractivity contribution in [3.05, 3.63) is 34.9 Å². The molecule has 3 N–H and O–H groups in total. The third kappa shape index (κ3) is 5.59. The number of amides is 2. The molecule has 20 heavy (non-hydrogen) atoms. The molecule has 5 nitrogen and oxygen atoms in total. The summed E-state index contributed by atoms with van der Waals surface area (Å²) in [6.45, 7) is 3.49. The molecular formula is C14H19ClN2O3. The predicted octanol–water partition coefficient (Wildman–Crippen LogP) is 1.35. The number of aliphatic hydroxyl groups excluding tert-OH is 1. The second kappa shape index (κ2) is 7.26. The van der Waals surface area contributed by atoms with Gasteiger partial charge in [-0.25, -0.2) is 0 Å². The summed E-state index contributed by atoms with van der Waals surface area (Å²) in [6.07, 6.45) is 0.448. The molecule has 0 spiro atoms. The van der Waals surface area contributed by atoms with E-state index in [1.165, 1.54) is 0 Å². The van der Waals surface area contributed by atoms with Crippen LogP contribution in [0.15, 0.2) is 24.3 Å². The van der Waals surface area contributed by atoms with Crippen LogP contribution < -0.4 is 10.6 Å². The minimum absolute atomic E-state index is 0.00951. The maximum atomic E-state index is 11.8. The first kappa shape index (κ1) is 16.5. The first-order valence-electron chi connectivity index (χ1n) is 6.30. The van der Waals surface area contributed by atoms with Gasteiger partial charge in [0.25, 0.3) is 5.91 Å². The largest absolute Gasteiger partial charge is 0.396 e. The van der Waals surface area contributed by atoms with Gasteiger partial charge in [-0.15, -0.1) is 0 Å². The fraction of sp³-hybridized carbons (Fsp3) is 0.429. The summed E-state index contributed by atoms with van der Waals surface area (Å²) in [5.74, 6) is -0.637. The van der Waals surface area contributed by atoms with Crippen LogP contribution in [0.2, 0.25) is 5.02 Å². The van der Waals surface area contributed by atoms with Gasteiger partial charge in [0.15, 0.2) is 0 Å². The Morgan fingerprint density at radius 3 is 2.40 bits per heavy atom. The topological polar surface area (TPSA) is 78.4 Å². The number of carbonyl (C=O) groups is 2. The van der Waals surface area contributed by atoms with Gasteiger partial charge >= 0.3 is 0 Å². The van der Waals surface area contributed by atoms with Gasteiger partial charge in [0.1, 0.15) is 0 Å². The van der Waals surface area contributed by atoms with Gasteiger partial charge in [0.05, 0.1) is 6.54 Å². The van der Waals surface area contributed by atoms with Crippen LogP contribution in [-0.4, -0.2) is 35.6 Å². The molecule has 0 saturated carbocycles. The van der Waals surface area contributed by atoms with E-state index in [4.69, 9.17) is 16.7 Å². The van der Waals surface area contributed by atoms with Crippen LogP contribution in [0, 0.1) is 0 Å². The second-order valence-corrected chi connectivity index (χ2v) is 5.53. The van der Waals surface area contributed by atoms with E-state index in [1.54, 1.807) is 24.3 Å². The molecule has 0 fully saturated rings. The maximum Gasteiger partial charge on any atom is 0.251 e. The highest BCUT2D eigenvalue weighted by atomic mass is 35.5. The number of rotatable bonds is 6. The highest BCUT2D eigenvalue weighted by Crippen LogP contribution is 2.09. The molecule has 1 aromatic rings. The molecule has 1 aromatic carbocycles. The molecule has 2 amide bonds. The van der Waals surface area contributed by atoms with Gasteiger partial charge in [-0.3, -0.25) is 9.59 Å². The third-order valence-corrected chi connectivity index (χ3v) is 2.98.